The van der Waals surface area contributed by atoms with Gasteiger partial charge in [0.1, 0.15) is 0 Å². The number of aryl methyl sites for hydroxylation is 1. The maximum Gasteiger partial charge on any atom is -0.0181 e. The van der Waals surface area contributed by atoms with Crippen molar-refractivity contribution >= 4 is 10.8 Å². The van der Waals surface area contributed by atoms with Crippen molar-refractivity contribution in [2.24, 2.45) is 0 Å². The van der Waals surface area contributed by atoms with Gasteiger partial charge in [-0.1, -0.05) is 138 Å². The van der Waals surface area contributed by atoms with Gasteiger partial charge in [-0.3, -0.25) is 0 Å². The van der Waals surface area contributed by atoms with E-state index < -0.39 is 0 Å². The summed E-state index contributed by atoms with van der Waals surface area (Å²) >= 11 is 0. The number of fused-ring (bicyclic) bond motifs is 1. The van der Waals surface area contributed by atoms with E-state index in [1.807, 2.05) is 6.08 Å². The molecule has 0 bridgehead atoms. The first-order valence-corrected chi connectivity index (χ1v) is 13.0. The highest BCUT2D eigenvalue weighted by atomic mass is 14.0. The van der Waals surface area contributed by atoms with Crippen LogP contribution >= 0.6 is 0 Å². The first kappa shape index (κ1) is 24.7. The lowest BCUT2D eigenvalue weighted by molar-refractivity contribution is 0.528. The van der Waals surface area contributed by atoms with Crippen LogP contribution < -0.4 is 0 Å². The molecule has 0 unspecified atom stereocenters. The number of hydrogen-bond donors (Lipinski definition) is 0. The molecule has 0 radical (unpaired) electrons. The van der Waals surface area contributed by atoms with Crippen LogP contribution in [0.3, 0.4) is 0 Å². The molecule has 0 spiro atoms. The van der Waals surface area contributed by atoms with E-state index in [1.54, 1.807) is 0 Å². The zero-order valence-corrected chi connectivity index (χ0v) is 19.6. The van der Waals surface area contributed by atoms with E-state index in [1.165, 1.54) is 132 Å². The maximum absolute atomic E-state index is 3.79. The fourth-order valence-corrected chi connectivity index (χ4v) is 4.49. The van der Waals surface area contributed by atoms with Gasteiger partial charge in [0.25, 0.3) is 0 Å². The summed E-state index contributed by atoms with van der Waals surface area (Å²) in [4.78, 5) is 0. The quantitative estimate of drug-likeness (QED) is 0.161. The lowest BCUT2D eigenvalue weighted by atomic mass is 10.0. The largest absolute Gasteiger partial charge is 0.103 e. The van der Waals surface area contributed by atoms with Crippen LogP contribution in [-0.2, 0) is 6.42 Å². The summed E-state index contributed by atoms with van der Waals surface area (Å²) in [5.74, 6) is 0. The van der Waals surface area contributed by atoms with Gasteiger partial charge in [-0.15, -0.1) is 6.58 Å². The molecule has 0 aliphatic rings. The Balaban J connectivity index is 1.31. The van der Waals surface area contributed by atoms with Crippen molar-refractivity contribution in [3.8, 4) is 0 Å². The van der Waals surface area contributed by atoms with E-state index in [0.717, 1.165) is 0 Å². The molecule has 2 aromatic carbocycles. The Morgan fingerprint density at radius 3 is 1.50 bits per heavy atom. The van der Waals surface area contributed by atoms with Gasteiger partial charge in [-0.25, -0.2) is 0 Å². The topological polar surface area (TPSA) is 0 Å². The van der Waals surface area contributed by atoms with Gasteiger partial charge in [0, 0.05) is 0 Å². The Hall–Kier alpha value is -1.56. The Kier molecular flexibility index (Phi) is 14.1. The smallest absolute Gasteiger partial charge is 0.0181 e. The third kappa shape index (κ3) is 11.6. The summed E-state index contributed by atoms with van der Waals surface area (Å²) in [6.07, 6.45) is 27.3. The molecule has 0 saturated heterocycles. The van der Waals surface area contributed by atoms with Crippen molar-refractivity contribution < 1.29 is 0 Å². The molecule has 0 heterocycles. The second-order valence-corrected chi connectivity index (χ2v) is 9.17. The SMILES string of the molecule is C=CCCCCCCCCCCCCCCCCCCc1ccc2ccccc2c1. The van der Waals surface area contributed by atoms with Crippen molar-refractivity contribution in [3.05, 3.63) is 60.7 Å². The number of unbranched alkanes of at least 4 members (excludes halogenated alkanes) is 16. The molecule has 2 aromatic rings. The molecule has 0 N–H and O–H groups in total. The average Bonchev–Trinajstić information content (AvgIpc) is 2.78. The zero-order valence-electron chi connectivity index (χ0n) is 19.6. The van der Waals surface area contributed by atoms with Crippen molar-refractivity contribution in [1.29, 1.82) is 0 Å². The molecule has 0 nitrogen and oxygen atoms in total. The van der Waals surface area contributed by atoms with E-state index >= 15 is 0 Å². The first-order chi connectivity index (χ1) is 14.9. The number of hydrogen-bond acceptors (Lipinski definition) is 0. The molecule has 0 aliphatic carbocycles. The van der Waals surface area contributed by atoms with Gasteiger partial charge in [-0.2, -0.15) is 0 Å². The van der Waals surface area contributed by atoms with E-state index in [4.69, 9.17) is 0 Å². The van der Waals surface area contributed by atoms with Crippen LogP contribution in [0, 0.1) is 0 Å². The van der Waals surface area contributed by atoms with Crippen LogP contribution in [0.2, 0.25) is 0 Å². The highest BCUT2D eigenvalue weighted by molar-refractivity contribution is 5.82. The highest BCUT2D eigenvalue weighted by Gasteiger charge is 1.98. The van der Waals surface area contributed by atoms with Gasteiger partial charge in [0.05, 0.1) is 0 Å². The molecule has 0 heteroatoms. The summed E-state index contributed by atoms with van der Waals surface area (Å²) in [6, 6.07) is 15.7. The van der Waals surface area contributed by atoms with Crippen molar-refractivity contribution in [2.45, 2.75) is 116 Å². The van der Waals surface area contributed by atoms with E-state index in [9.17, 15) is 0 Å². The third-order valence-corrected chi connectivity index (χ3v) is 6.44. The number of benzene rings is 2. The molecule has 0 fully saturated rings. The molecular weight excluding hydrogens is 360 g/mol. The predicted octanol–water partition coefficient (Wildman–Crippen LogP) is 10.2. The Morgan fingerprint density at radius 2 is 0.967 bits per heavy atom. The minimum absolute atomic E-state index is 1.20. The molecule has 0 amide bonds. The monoisotopic (exact) mass is 406 g/mol. The number of rotatable bonds is 19. The summed E-state index contributed by atoms with van der Waals surface area (Å²) in [5, 5.41) is 2.74. The average molecular weight is 407 g/mol. The van der Waals surface area contributed by atoms with E-state index in [-0.39, 0.29) is 0 Å². The molecular formula is C30H46. The fourth-order valence-electron chi connectivity index (χ4n) is 4.49. The van der Waals surface area contributed by atoms with Crippen LogP contribution in [0.4, 0.5) is 0 Å². The second-order valence-electron chi connectivity index (χ2n) is 9.17. The van der Waals surface area contributed by atoms with Crippen LogP contribution in [-0.4, -0.2) is 0 Å². The third-order valence-electron chi connectivity index (χ3n) is 6.44. The minimum Gasteiger partial charge on any atom is -0.103 e. The van der Waals surface area contributed by atoms with E-state index in [2.05, 4.69) is 49.0 Å². The van der Waals surface area contributed by atoms with Crippen LogP contribution in [0.25, 0.3) is 10.8 Å². The van der Waals surface area contributed by atoms with Gasteiger partial charge >= 0.3 is 0 Å². The van der Waals surface area contributed by atoms with Gasteiger partial charge in [0.15, 0.2) is 0 Å². The molecule has 2 rings (SSSR count). The number of allylic oxidation sites excluding steroid dienone is 1. The van der Waals surface area contributed by atoms with Crippen molar-refractivity contribution in [1.82, 2.24) is 0 Å². The molecule has 0 atom stereocenters. The van der Waals surface area contributed by atoms with Gasteiger partial charge in [-0.05, 0) is 42.0 Å². The van der Waals surface area contributed by atoms with Gasteiger partial charge < -0.3 is 0 Å². The standard InChI is InChI=1S/C30H46/c1-2-3-4-5-6-7-8-9-10-11-12-13-14-15-16-17-18-19-22-28-25-26-29-23-20-21-24-30(29)27-28/h2,20-21,23-27H,1,3-19,22H2. The minimum atomic E-state index is 1.20. The fraction of sp³-hybridized carbons (Fsp3) is 0.600. The molecule has 0 saturated carbocycles. The normalized spacial score (nSPS) is 11.2. The first-order valence-electron chi connectivity index (χ1n) is 13.0. The molecule has 0 aromatic heterocycles. The van der Waals surface area contributed by atoms with Gasteiger partial charge in [0.2, 0.25) is 0 Å². The van der Waals surface area contributed by atoms with Crippen molar-refractivity contribution in [3.63, 3.8) is 0 Å². The molecule has 30 heavy (non-hydrogen) atoms. The van der Waals surface area contributed by atoms with Crippen LogP contribution in [0.1, 0.15) is 115 Å². The Labute approximate surface area is 187 Å². The molecule has 0 aliphatic heterocycles. The molecule has 166 valence electrons. The van der Waals surface area contributed by atoms with Crippen molar-refractivity contribution in [2.75, 3.05) is 0 Å². The zero-order chi connectivity index (χ0) is 21.1. The predicted molar refractivity (Wildman–Crippen MR) is 136 cm³/mol. The van der Waals surface area contributed by atoms with Crippen LogP contribution in [0.5, 0.6) is 0 Å². The second kappa shape index (κ2) is 17.2. The summed E-state index contributed by atoms with van der Waals surface area (Å²) < 4.78 is 0. The van der Waals surface area contributed by atoms with Crippen LogP contribution in [0.15, 0.2) is 55.1 Å². The Bertz CT molecular complexity index is 669. The Morgan fingerprint density at radius 1 is 0.500 bits per heavy atom. The van der Waals surface area contributed by atoms with E-state index in [0.29, 0.717) is 0 Å². The summed E-state index contributed by atoms with van der Waals surface area (Å²) in [6.45, 7) is 3.79. The lowest BCUT2D eigenvalue weighted by Crippen LogP contribution is -1.87. The lowest BCUT2D eigenvalue weighted by Gasteiger charge is -2.05. The highest BCUT2D eigenvalue weighted by Crippen LogP contribution is 2.18. The summed E-state index contributed by atoms with van der Waals surface area (Å²) in [7, 11) is 0. The summed E-state index contributed by atoms with van der Waals surface area (Å²) in [5.41, 5.74) is 1.50. The maximum atomic E-state index is 3.79.